The molecular formula is C5H9O6P-2. The first-order valence-corrected chi connectivity index (χ1v) is 4.40. The van der Waals surface area contributed by atoms with Gasteiger partial charge in [-0.25, -0.2) is 4.57 Å². The lowest BCUT2D eigenvalue weighted by molar-refractivity contribution is -0.360. The van der Waals surface area contributed by atoms with Crippen molar-refractivity contribution in [3.63, 3.8) is 0 Å². The van der Waals surface area contributed by atoms with Crippen LogP contribution in [0.3, 0.4) is 0 Å². The van der Waals surface area contributed by atoms with Gasteiger partial charge in [0.2, 0.25) is 0 Å². The average molecular weight is 196 g/mol. The lowest BCUT2D eigenvalue weighted by atomic mass is 10.4. The fourth-order valence-corrected chi connectivity index (χ4v) is 0.761. The molecule has 0 radical (unpaired) electrons. The Kier molecular flexibility index (Phi) is 4.26. The lowest BCUT2D eigenvalue weighted by Crippen LogP contribution is -2.19. The molecule has 0 aliphatic carbocycles. The molecule has 0 spiro atoms. The van der Waals surface area contributed by atoms with Gasteiger partial charge in [0.15, 0.2) is 0 Å². The molecule has 0 unspecified atom stereocenters. The summed E-state index contributed by atoms with van der Waals surface area (Å²) in [5, 5.41) is 10.2. The molecule has 12 heavy (non-hydrogen) atoms. The second-order valence-corrected chi connectivity index (χ2v) is 3.14. The van der Waals surface area contributed by atoms with Crippen molar-refractivity contribution < 1.29 is 28.7 Å². The monoisotopic (exact) mass is 196 g/mol. The van der Waals surface area contributed by atoms with Gasteiger partial charge >= 0.3 is 7.82 Å². The van der Waals surface area contributed by atoms with Crippen LogP contribution in [-0.4, -0.2) is 22.5 Å². The first-order valence-electron chi connectivity index (χ1n) is 2.87. The molecule has 0 aromatic rings. The van der Waals surface area contributed by atoms with Crippen molar-refractivity contribution in [2.24, 2.45) is 0 Å². The minimum absolute atomic E-state index is 0.467. The van der Waals surface area contributed by atoms with E-state index in [1.807, 2.05) is 0 Å². The number of hydrogen-bond acceptors (Lipinski definition) is 4. The fourth-order valence-electron chi connectivity index (χ4n) is 0.400. The summed E-state index contributed by atoms with van der Waals surface area (Å²) < 4.78 is 18.4. The Bertz CT molecular complexity index is 196. The van der Waals surface area contributed by atoms with Crippen molar-refractivity contribution in [1.82, 2.24) is 0 Å². The quantitative estimate of drug-likeness (QED) is 0.337. The van der Waals surface area contributed by atoms with Gasteiger partial charge in [-0.3, -0.25) is 4.52 Å². The van der Waals surface area contributed by atoms with E-state index in [0.717, 1.165) is 0 Å². The van der Waals surface area contributed by atoms with E-state index in [4.69, 9.17) is 9.79 Å². The van der Waals surface area contributed by atoms with E-state index in [1.165, 1.54) is 0 Å². The number of hydrogen-bond donors (Lipinski definition) is 2. The molecule has 0 rings (SSSR count). The van der Waals surface area contributed by atoms with Crippen LogP contribution in [0.15, 0.2) is 12.5 Å². The SMILES string of the molecule is C=C([O-])O[C@H]([CH2-])COP(=O)(O)O. The lowest BCUT2D eigenvalue weighted by Gasteiger charge is -2.28. The van der Waals surface area contributed by atoms with E-state index in [9.17, 15) is 9.67 Å². The van der Waals surface area contributed by atoms with Gasteiger partial charge in [0.1, 0.15) is 0 Å². The van der Waals surface area contributed by atoms with E-state index >= 15 is 0 Å². The molecule has 72 valence electrons. The number of rotatable bonds is 5. The smallest absolute Gasteiger partial charge is 0.469 e. The van der Waals surface area contributed by atoms with Crippen molar-refractivity contribution in [3.05, 3.63) is 19.4 Å². The molecule has 0 saturated heterocycles. The van der Waals surface area contributed by atoms with Gasteiger partial charge in [-0.2, -0.15) is 0 Å². The van der Waals surface area contributed by atoms with E-state index in [-0.39, 0.29) is 0 Å². The summed E-state index contributed by atoms with van der Waals surface area (Å²) in [4.78, 5) is 16.4. The van der Waals surface area contributed by atoms with Crippen molar-refractivity contribution in [2.45, 2.75) is 6.10 Å². The molecule has 0 aromatic heterocycles. The summed E-state index contributed by atoms with van der Waals surface area (Å²) in [6, 6.07) is 0. The average Bonchev–Trinajstić information content (AvgIpc) is 1.80. The maximum Gasteiger partial charge on any atom is 0.469 e. The second-order valence-electron chi connectivity index (χ2n) is 1.90. The first kappa shape index (κ1) is 11.4. The Morgan fingerprint density at radius 3 is 2.58 bits per heavy atom. The Balaban J connectivity index is 3.65. The maximum atomic E-state index is 10.2. The normalized spacial score (nSPS) is 13.9. The van der Waals surface area contributed by atoms with E-state index in [0.29, 0.717) is 0 Å². The van der Waals surface area contributed by atoms with Crippen molar-refractivity contribution in [1.29, 1.82) is 0 Å². The molecule has 7 heteroatoms. The molecular weight excluding hydrogens is 187 g/mol. The van der Waals surface area contributed by atoms with Gasteiger partial charge in [-0.15, -0.1) is 0 Å². The molecule has 0 saturated carbocycles. The summed E-state index contributed by atoms with van der Waals surface area (Å²) in [6.45, 7) is 5.64. The molecule has 0 aliphatic heterocycles. The zero-order chi connectivity index (χ0) is 9.78. The summed E-state index contributed by atoms with van der Waals surface area (Å²) in [5.74, 6) is -0.829. The highest BCUT2D eigenvalue weighted by atomic mass is 31.2. The summed E-state index contributed by atoms with van der Waals surface area (Å²) >= 11 is 0. The highest BCUT2D eigenvalue weighted by Gasteiger charge is 2.12. The van der Waals surface area contributed by atoms with Gasteiger partial charge < -0.3 is 26.6 Å². The van der Waals surface area contributed by atoms with Crippen LogP contribution in [0.25, 0.3) is 0 Å². The van der Waals surface area contributed by atoms with Gasteiger partial charge in [0.05, 0.1) is 0 Å². The van der Waals surface area contributed by atoms with Crippen LogP contribution in [0.5, 0.6) is 0 Å². The maximum absolute atomic E-state index is 10.2. The Hall–Kier alpha value is -0.550. The third-order valence-electron chi connectivity index (χ3n) is 0.727. The standard InChI is InChI=1S/C5H10O6P/c1-4(11-5(2)6)3-10-12(7,8)9/h4,6H,1-3H2,(H2,7,8,9)/q-1/p-1/t4-/m1/s1. The Labute approximate surface area is 69.7 Å². The topological polar surface area (TPSA) is 99.0 Å². The number of phosphoric ester groups is 1. The van der Waals surface area contributed by atoms with Crippen LogP contribution in [0.1, 0.15) is 0 Å². The predicted molar refractivity (Wildman–Crippen MR) is 37.4 cm³/mol. The zero-order valence-corrected chi connectivity index (χ0v) is 7.07. The van der Waals surface area contributed by atoms with Crippen molar-refractivity contribution >= 4 is 7.82 Å². The molecule has 6 nitrogen and oxygen atoms in total. The second kappa shape index (κ2) is 4.47. The first-order chi connectivity index (χ1) is 5.31. The van der Waals surface area contributed by atoms with Crippen LogP contribution in [0.2, 0.25) is 0 Å². The summed E-state index contributed by atoms with van der Waals surface area (Å²) in [6.07, 6.45) is -0.970. The van der Waals surface area contributed by atoms with Gasteiger partial charge in [0.25, 0.3) is 0 Å². The third-order valence-corrected chi connectivity index (χ3v) is 1.21. The Morgan fingerprint density at radius 2 is 2.25 bits per heavy atom. The van der Waals surface area contributed by atoms with Crippen LogP contribution in [0, 0.1) is 6.92 Å². The highest BCUT2D eigenvalue weighted by Crippen LogP contribution is 2.35. The van der Waals surface area contributed by atoms with Crippen LogP contribution in [-0.2, 0) is 13.8 Å². The third kappa shape index (κ3) is 7.56. The van der Waals surface area contributed by atoms with Crippen LogP contribution >= 0.6 is 7.82 Å². The molecule has 0 heterocycles. The van der Waals surface area contributed by atoms with Gasteiger partial charge in [0, 0.05) is 12.6 Å². The zero-order valence-electron chi connectivity index (χ0n) is 6.17. The van der Waals surface area contributed by atoms with Crippen molar-refractivity contribution in [3.8, 4) is 0 Å². The van der Waals surface area contributed by atoms with E-state index in [1.54, 1.807) is 0 Å². The van der Waals surface area contributed by atoms with Crippen molar-refractivity contribution in [2.75, 3.05) is 6.61 Å². The number of phosphoric acid groups is 1. The molecule has 0 fully saturated rings. The molecule has 1 atom stereocenters. The number of ether oxygens (including phenoxy) is 1. The van der Waals surface area contributed by atoms with Crippen LogP contribution in [0.4, 0.5) is 0 Å². The minimum atomic E-state index is -4.51. The summed E-state index contributed by atoms with van der Waals surface area (Å²) in [7, 11) is -4.51. The largest absolute Gasteiger partial charge is 0.640 e. The fraction of sp³-hybridized carbons (Fsp3) is 0.400. The Morgan fingerprint density at radius 1 is 1.75 bits per heavy atom. The molecule has 0 aliphatic rings. The highest BCUT2D eigenvalue weighted by molar-refractivity contribution is 7.46. The molecule has 0 bridgehead atoms. The predicted octanol–water partition coefficient (Wildman–Crippen LogP) is -0.854. The van der Waals surface area contributed by atoms with Crippen LogP contribution < -0.4 is 5.11 Å². The molecule has 2 N–H and O–H groups in total. The van der Waals surface area contributed by atoms with E-state index < -0.39 is 26.5 Å². The van der Waals surface area contributed by atoms with Gasteiger partial charge in [-0.1, -0.05) is 12.7 Å². The minimum Gasteiger partial charge on any atom is -0.640 e. The summed E-state index contributed by atoms with van der Waals surface area (Å²) in [5.41, 5.74) is 0. The molecule has 0 aromatic carbocycles. The molecule has 0 amide bonds. The van der Waals surface area contributed by atoms with Gasteiger partial charge in [-0.05, 0) is 0 Å². The van der Waals surface area contributed by atoms with E-state index in [2.05, 4.69) is 22.8 Å².